The predicted molar refractivity (Wildman–Crippen MR) is 130 cm³/mol. The Kier molecular flexibility index (Phi) is 6.77. The van der Waals surface area contributed by atoms with Gasteiger partial charge in [-0.15, -0.1) is 0 Å². The third-order valence-corrected chi connectivity index (χ3v) is 6.64. The zero-order valence-corrected chi connectivity index (χ0v) is 20.0. The van der Waals surface area contributed by atoms with Crippen molar-refractivity contribution in [1.29, 1.82) is 0 Å². The molecule has 0 aromatic heterocycles. The molecule has 0 saturated carbocycles. The molecule has 1 atom stereocenters. The molecule has 1 spiro atoms. The minimum Gasteiger partial charge on any atom is -0.507 e. The number of hydrogen-bond donors (Lipinski definition) is 1. The third kappa shape index (κ3) is 3.60. The van der Waals surface area contributed by atoms with Crippen LogP contribution >= 0.6 is 11.6 Å². The number of fused-ring (bicyclic) bond motifs is 2. The number of halogens is 1. The number of likely N-dealkylation sites (tertiary alicyclic amines) is 1. The summed E-state index contributed by atoms with van der Waals surface area (Å²) in [6.07, 6.45) is 2.05. The molecule has 0 aliphatic carbocycles. The van der Waals surface area contributed by atoms with Crippen LogP contribution < -0.4 is 4.90 Å². The highest BCUT2D eigenvalue weighted by Crippen LogP contribution is 2.53. The second kappa shape index (κ2) is 9.60. The van der Waals surface area contributed by atoms with Crippen molar-refractivity contribution in [3.05, 3.63) is 70.3 Å². The summed E-state index contributed by atoms with van der Waals surface area (Å²) >= 11 is 6.00. The number of Topliss-reactive ketones (excluding diaryl/α,β-unsaturated/α-hetero) is 1. The average molecular weight is 483 g/mol. The summed E-state index contributed by atoms with van der Waals surface area (Å²) in [5, 5.41) is 11.8. The molecule has 7 nitrogen and oxygen atoms in total. The lowest BCUT2D eigenvalue weighted by atomic mass is 9.82. The average Bonchev–Trinajstić information content (AvgIpc) is 3.21. The smallest absolute Gasteiger partial charge is 0.296 e. The van der Waals surface area contributed by atoms with E-state index in [-0.39, 0.29) is 12.1 Å². The molecule has 34 heavy (non-hydrogen) atoms. The normalized spacial score (nSPS) is 21.1. The Bertz CT molecular complexity index is 1160. The number of methoxy groups -OCH3 is 1. The minimum atomic E-state index is -1.74. The summed E-state index contributed by atoms with van der Waals surface area (Å²) in [5.74, 6) is -2.50. The van der Waals surface area contributed by atoms with Gasteiger partial charge in [0.05, 0.1) is 11.3 Å². The second-order valence-electron chi connectivity index (χ2n) is 8.40. The van der Waals surface area contributed by atoms with E-state index in [9.17, 15) is 19.5 Å². The Hall–Kier alpha value is -3.16. The molecule has 2 amide bonds. The first-order valence-corrected chi connectivity index (χ1v) is 11.7. The Morgan fingerprint density at radius 1 is 1.03 bits per heavy atom. The number of benzene rings is 2. The lowest BCUT2D eigenvalue weighted by Crippen LogP contribution is -2.52. The zero-order valence-electron chi connectivity index (χ0n) is 19.2. The lowest BCUT2D eigenvalue weighted by Gasteiger charge is -2.34. The summed E-state index contributed by atoms with van der Waals surface area (Å²) in [6.45, 7) is 2.94. The van der Waals surface area contributed by atoms with Crippen LogP contribution in [0.2, 0.25) is 5.02 Å². The number of anilines is 1. The van der Waals surface area contributed by atoms with E-state index in [2.05, 4.69) is 0 Å². The van der Waals surface area contributed by atoms with Crippen LogP contribution in [0.5, 0.6) is 0 Å². The van der Waals surface area contributed by atoms with Crippen molar-refractivity contribution >= 4 is 40.6 Å². The van der Waals surface area contributed by atoms with E-state index in [4.69, 9.17) is 16.3 Å². The summed E-state index contributed by atoms with van der Waals surface area (Å²) in [7, 11) is 1.55. The van der Waals surface area contributed by atoms with E-state index in [1.165, 1.54) is 4.90 Å². The highest BCUT2D eigenvalue weighted by molar-refractivity contribution is 6.50. The predicted octanol–water partition coefficient (Wildman–Crippen LogP) is 4.10. The molecular formula is C26H27ClN2O5. The number of ether oxygens (including phenoxy) is 1. The van der Waals surface area contributed by atoms with Crippen molar-refractivity contribution in [2.24, 2.45) is 0 Å². The molecule has 1 N–H and O–H groups in total. The zero-order chi connectivity index (χ0) is 24.5. The van der Waals surface area contributed by atoms with Crippen molar-refractivity contribution in [2.45, 2.75) is 31.7 Å². The Morgan fingerprint density at radius 2 is 1.74 bits per heavy atom. The monoisotopic (exact) mass is 482 g/mol. The van der Waals surface area contributed by atoms with Gasteiger partial charge >= 0.3 is 0 Å². The molecule has 1 unspecified atom stereocenters. The standard InChI is InChI=1S/C26H27ClN2O5/c1-3-4-14-28-20-9-6-5-8-19(20)26(25(28)33)21(22(30)17-10-12-18(27)13-11-17)23(31)24(32)29(26)15-7-16-34-2/h5-6,8-13,30H,3-4,7,14-16H2,1-2H3. The van der Waals surface area contributed by atoms with Crippen LogP contribution in [0.3, 0.4) is 0 Å². The fourth-order valence-corrected chi connectivity index (χ4v) is 4.95. The Balaban J connectivity index is 1.99. The van der Waals surface area contributed by atoms with Crippen LogP contribution in [0.1, 0.15) is 37.3 Å². The van der Waals surface area contributed by atoms with E-state index in [1.54, 1.807) is 48.4 Å². The summed E-state index contributed by atoms with van der Waals surface area (Å²) in [6, 6.07) is 13.4. The fourth-order valence-electron chi connectivity index (χ4n) is 4.82. The number of ketones is 1. The molecule has 2 aromatic rings. The van der Waals surface area contributed by atoms with Gasteiger partial charge < -0.3 is 19.6 Å². The van der Waals surface area contributed by atoms with Gasteiger partial charge in [-0.2, -0.15) is 0 Å². The van der Waals surface area contributed by atoms with Gasteiger partial charge in [-0.3, -0.25) is 14.4 Å². The van der Waals surface area contributed by atoms with Gasteiger partial charge in [-0.25, -0.2) is 0 Å². The second-order valence-corrected chi connectivity index (χ2v) is 8.84. The highest BCUT2D eigenvalue weighted by atomic mass is 35.5. The number of hydrogen-bond acceptors (Lipinski definition) is 5. The van der Waals surface area contributed by atoms with Crippen LogP contribution in [0.15, 0.2) is 54.1 Å². The van der Waals surface area contributed by atoms with Crippen LogP contribution in [-0.4, -0.2) is 54.4 Å². The van der Waals surface area contributed by atoms with Gasteiger partial charge in [0.15, 0.2) is 5.54 Å². The molecule has 1 fully saturated rings. The SMILES string of the molecule is CCCCN1C(=O)C2(C(=C(O)c3ccc(Cl)cc3)C(=O)C(=O)N2CCCOC)c2ccccc21. The minimum absolute atomic E-state index is 0.123. The molecule has 1 saturated heterocycles. The van der Waals surface area contributed by atoms with E-state index >= 15 is 0 Å². The lowest BCUT2D eigenvalue weighted by molar-refractivity contribution is -0.143. The molecule has 4 rings (SSSR count). The first kappa shape index (κ1) is 24.0. The first-order chi connectivity index (χ1) is 16.4. The number of carbonyl (C=O) groups excluding carboxylic acids is 3. The topological polar surface area (TPSA) is 87.2 Å². The number of rotatable bonds is 8. The summed E-state index contributed by atoms with van der Waals surface area (Å²) < 4.78 is 5.15. The maximum Gasteiger partial charge on any atom is 0.296 e. The van der Waals surface area contributed by atoms with Gasteiger partial charge in [0.1, 0.15) is 5.76 Å². The third-order valence-electron chi connectivity index (χ3n) is 6.39. The molecule has 2 aromatic carbocycles. The number of aliphatic hydroxyl groups is 1. The molecule has 0 bridgehead atoms. The molecule has 2 aliphatic heterocycles. The van der Waals surface area contributed by atoms with Gasteiger partial charge in [-0.05, 0) is 43.2 Å². The Morgan fingerprint density at radius 3 is 2.41 bits per heavy atom. The van der Waals surface area contributed by atoms with Crippen molar-refractivity contribution in [3.63, 3.8) is 0 Å². The van der Waals surface area contributed by atoms with Crippen LogP contribution in [0, 0.1) is 0 Å². The van der Waals surface area contributed by atoms with Crippen molar-refractivity contribution in [3.8, 4) is 0 Å². The quantitative estimate of drug-likeness (QED) is 0.265. The molecule has 0 radical (unpaired) electrons. The molecule has 178 valence electrons. The summed E-state index contributed by atoms with van der Waals surface area (Å²) in [4.78, 5) is 43.9. The highest BCUT2D eigenvalue weighted by Gasteiger charge is 2.66. The molecule has 2 heterocycles. The van der Waals surface area contributed by atoms with Gasteiger partial charge in [-0.1, -0.05) is 43.1 Å². The van der Waals surface area contributed by atoms with E-state index < -0.39 is 28.9 Å². The van der Waals surface area contributed by atoms with Crippen molar-refractivity contribution in [1.82, 2.24) is 4.90 Å². The summed E-state index contributed by atoms with van der Waals surface area (Å²) in [5.41, 5.74) is -0.495. The Labute approximate surface area is 203 Å². The first-order valence-electron chi connectivity index (χ1n) is 11.4. The van der Waals surface area contributed by atoms with Gasteiger partial charge in [0, 0.05) is 43.0 Å². The van der Waals surface area contributed by atoms with E-state index in [0.717, 1.165) is 12.8 Å². The van der Waals surface area contributed by atoms with Crippen molar-refractivity contribution in [2.75, 3.05) is 31.7 Å². The fraction of sp³-hybridized carbons (Fsp3) is 0.346. The maximum absolute atomic E-state index is 14.2. The van der Waals surface area contributed by atoms with Gasteiger partial charge in [0.2, 0.25) is 0 Å². The van der Waals surface area contributed by atoms with Gasteiger partial charge in [0.25, 0.3) is 17.6 Å². The molecule has 8 heteroatoms. The van der Waals surface area contributed by atoms with E-state index in [1.807, 2.05) is 19.1 Å². The van der Waals surface area contributed by atoms with Crippen LogP contribution in [-0.2, 0) is 24.7 Å². The van der Waals surface area contributed by atoms with Crippen molar-refractivity contribution < 1.29 is 24.2 Å². The van der Waals surface area contributed by atoms with Crippen LogP contribution in [0.4, 0.5) is 5.69 Å². The number of amides is 2. The molecule has 2 aliphatic rings. The molecular weight excluding hydrogens is 456 g/mol. The number of para-hydroxylation sites is 1. The van der Waals surface area contributed by atoms with Crippen LogP contribution in [0.25, 0.3) is 5.76 Å². The largest absolute Gasteiger partial charge is 0.507 e. The number of carbonyl (C=O) groups is 3. The number of aliphatic hydroxyl groups excluding tert-OH is 1. The number of nitrogens with zero attached hydrogens (tertiary/aromatic N) is 2. The maximum atomic E-state index is 14.2. The number of unbranched alkanes of at least 4 members (excludes halogenated alkanes) is 1. The van der Waals surface area contributed by atoms with E-state index in [0.29, 0.717) is 41.4 Å².